The molecule has 1 N–H and O–H groups in total. The third kappa shape index (κ3) is 3.49. The van der Waals surface area contributed by atoms with Crippen molar-refractivity contribution in [2.24, 2.45) is 0 Å². The Labute approximate surface area is 145 Å². The molecule has 1 aliphatic rings. The molecular weight excluding hydrogens is 365 g/mol. The number of nitrogens with one attached hydrogen (secondary N) is 1. The lowest BCUT2D eigenvalue weighted by molar-refractivity contribution is -0.137. The minimum atomic E-state index is -4.65. The number of nitrogens with zero attached hydrogens (tertiary/aromatic N) is 1. The fraction of sp³-hybridized carbons (Fsp3) is 0.133. The molecule has 2 amide bonds. The summed E-state index contributed by atoms with van der Waals surface area (Å²) in [6.45, 7) is 3.52. The number of benzene rings is 1. The largest absolute Gasteiger partial charge is 0.417 e. The Balaban J connectivity index is 2.50. The molecule has 4 nitrogen and oxygen atoms in total. The van der Waals surface area contributed by atoms with Crippen molar-refractivity contribution in [3.63, 3.8) is 0 Å². The second-order valence-corrected chi connectivity index (χ2v) is 5.49. The molecule has 0 aliphatic carbocycles. The van der Waals surface area contributed by atoms with Gasteiger partial charge in [0.1, 0.15) is 5.57 Å². The highest BCUT2D eigenvalue weighted by atomic mass is 35.5. The Hall–Kier alpha value is -2.19. The maximum Gasteiger partial charge on any atom is 0.417 e. The van der Waals surface area contributed by atoms with Crippen molar-refractivity contribution in [2.45, 2.75) is 6.18 Å². The summed E-state index contributed by atoms with van der Waals surface area (Å²) < 4.78 is 38.7. The van der Waals surface area contributed by atoms with E-state index in [0.29, 0.717) is 0 Å². The summed E-state index contributed by atoms with van der Waals surface area (Å²) in [7, 11) is 0. The lowest BCUT2D eigenvalue weighted by Crippen LogP contribution is -2.53. The first-order valence-corrected chi connectivity index (χ1v) is 7.31. The van der Waals surface area contributed by atoms with E-state index in [2.05, 4.69) is 11.9 Å². The lowest BCUT2D eigenvalue weighted by atomic mass is 10.0. The molecule has 1 aromatic carbocycles. The van der Waals surface area contributed by atoms with Gasteiger partial charge in [-0.1, -0.05) is 29.8 Å². The van der Waals surface area contributed by atoms with Crippen LogP contribution in [0.15, 0.2) is 36.4 Å². The standard InChI is InChI=1S/C15H10ClF3N2O2S/c1-2-6-21-13(23)9(12(22)20-14(21)24)7-8-4-3-5-10(11(8)16)15(17,18)19/h2-5,7H,1,6H2,(H,20,22,24). The highest BCUT2D eigenvalue weighted by Crippen LogP contribution is 2.37. The number of hydrogen-bond donors (Lipinski definition) is 1. The van der Waals surface area contributed by atoms with E-state index in [1.54, 1.807) is 0 Å². The van der Waals surface area contributed by atoms with E-state index in [9.17, 15) is 22.8 Å². The minimum absolute atomic E-state index is 0.0472. The third-order valence-electron chi connectivity index (χ3n) is 3.13. The van der Waals surface area contributed by atoms with Gasteiger partial charge in [0, 0.05) is 6.54 Å². The summed E-state index contributed by atoms with van der Waals surface area (Å²) in [5, 5.41) is 1.60. The van der Waals surface area contributed by atoms with Gasteiger partial charge in [0.05, 0.1) is 10.6 Å². The first kappa shape index (κ1) is 18.2. The first-order valence-electron chi connectivity index (χ1n) is 6.52. The topological polar surface area (TPSA) is 49.4 Å². The molecule has 9 heteroatoms. The van der Waals surface area contributed by atoms with Crippen LogP contribution in [0.25, 0.3) is 6.08 Å². The summed E-state index contributed by atoms with van der Waals surface area (Å²) in [4.78, 5) is 25.4. The molecule has 0 saturated carbocycles. The van der Waals surface area contributed by atoms with Crippen LogP contribution in [0.2, 0.25) is 5.02 Å². The van der Waals surface area contributed by atoms with Crippen LogP contribution in [-0.2, 0) is 15.8 Å². The molecule has 0 bridgehead atoms. The summed E-state index contributed by atoms with van der Waals surface area (Å²) in [6.07, 6.45) is -2.25. The van der Waals surface area contributed by atoms with Gasteiger partial charge >= 0.3 is 6.18 Å². The van der Waals surface area contributed by atoms with Crippen LogP contribution < -0.4 is 5.32 Å². The highest BCUT2D eigenvalue weighted by Gasteiger charge is 2.35. The molecular formula is C15H10ClF3N2O2S. The van der Waals surface area contributed by atoms with Crippen molar-refractivity contribution in [2.75, 3.05) is 6.54 Å². The van der Waals surface area contributed by atoms with E-state index in [1.807, 2.05) is 0 Å². The Morgan fingerprint density at radius 3 is 2.58 bits per heavy atom. The molecule has 0 aromatic heterocycles. The molecule has 0 spiro atoms. The third-order valence-corrected chi connectivity index (χ3v) is 3.88. The second kappa shape index (κ2) is 6.74. The van der Waals surface area contributed by atoms with Gasteiger partial charge in [-0.15, -0.1) is 6.58 Å². The molecule has 1 aromatic rings. The van der Waals surface area contributed by atoms with E-state index >= 15 is 0 Å². The minimum Gasteiger partial charge on any atom is -0.298 e. The fourth-order valence-electron chi connectivity index (χ4n) is 2.02. The maximum absolute atomic E-state index is 12.9. The zero-order valence-electron chi connectivity index (χ0n) is 12.0. The SMILES string of the molecule is C=CCN1C(=O)C(=Cc2cccc(C(F)(F)F)c2Cl)C(=O)NC1=S. The fourth-order valence-corrected chi connectivity index (χ4v) is 2.56. The van der Waals surface area contributed by atoms with E-state index < -0.39 is 28.6 Å². The van der Waals surface area contributed by atoms with Gasteiger partial charge in [0.15, 0.2) is 5.11 Å². The predicted octanol–water partition coefficient (Wildman–Crippen LogP) is 3.17. The van der Waals surface area contributed by atoms with Crippen LogP contribution in [0.4, 0.5) is 13.2 Å². The molecule has 0 atom stereocenters. The molecule has 1 aliphatic heterocycles. The maximum atomic E-state index is 12.9. The van der Waals surface area contributed by atoms with Crippen LogP contribution in [0.3, 0.4) is 0 Å². The van der Waals surface area contributed by atoms with Gasteiger partial charge in [-0.2, -0.15) is 13.2 Å². The highest BCUT2D eigenvalue weighted by molar-refractivity contribution is 7.80. The van der Waals surface area contributed by atoms with Gasteiger partial charge < -0.3 is 0 Å². The van der Waals surface area contributed by atoms with Gasteiger partial charge in [0.2, 0.25) is 0 Å². The van der Waals surface area contributed by atoms with Crippen molar-refractivity contribution in [1.29, 1.82) is 0 Å². The number of alkyl halides is 3. The zero-order valence-corrected chi connectivity index (χ0v) is 13.6. The lowest BCUT2D eigenvalue weighted by Gasteiger charge is -2.27. The zero-order chi connectivity index (χ0) is 18.1. The van der Waals surface area contributed by atoms with Crippen molar-refractivity contribution in [3.05, 3.63) is 52.6 Å². The van der Waals surface area contributed by atoms with Gasteiger partial charge in [0.25, 0.3) is 11.8 Å². The first-order chi connectivity index (χ1) is 11.2. The summed E-state index contributed by atoms with van der Waals surface area (Å²) in [5.41, 5.74) is -1.52. The molecule has 0 unspecified atom stereocenters. The normalized spacial score (nSPS) is 17.2. The molecule has 1 heterocycles. The average molecular weight is 375 g/mol. The molecule has 2 rings (SSSR count). The van der Waals surface area contributed by atoms with Gasteiger partial charge in [-0.25, -0.2) is 0 Å². The summed E-state index contributed by atoms with van der Waals surface area (Å²) in [6, 6.07) is 3.22. The summed E-state index contributed by atoms with van der Waals surface area (Å²) >= 11 is 10.7. The van der Waals surface area contributed by atoms with Gasteiger partial charge in [-0.3, -0.25) is 19.8 Å². The number of rotatable bonds is 3. The average Bonchev–Trinajstić information content (AvgIpc) is 2.48. The number of amides is 2. The molecule has 1 saturated heterocycles. The van der Waals surface area contributed by atoms with E-state index in [0.717, 1.165) is 23.1 Å². The monoisotopic (exact) mass is 374 g/mol. The van der Waals surface area contributed by atoms with Crippen LogP contribution in [0.1, 0.15) is 11.1 Å². The Kier molecular flexibility index (Phi) is 5.10. The Morgan fingerprint density at radius 1 is 1.33 bits per heavy atom. The van der Waals surface area contributed by atoms with Crippen molar-refractivity contribution in [1.82, 2.24) is 10.2 Å². The van der Waals surface area contributed by atoms with Crippen LogP contribution in [0.5, 0.6) is 0 Å². The van der Waals surface area contributed by atoms with Crippen molar-refractivity contribution < 1.29 is 22.8 Å². The molecule has 1 fully saturated rings. The van der Waals surface area contributed by atoms with E-state index in [-0.39, 0.29) is 22.8 Å². The van der Waals surface area contributed by atoms with Crippen LogP contribution >= 0.6 is 23.8 Å². The van der Waals surface area contributed by atoms with Crippen molar-refractivity contribution >= 4 is 46.8 Å². The molecule has 24 heavy (non-hydrogen) atoms. The number of carbonyl (C=O) groups is 2. The van der Waals surface area contributed by atoms with Crippen molar-refractivity contribution in [3.8, 4) is 0 Å². The second-order valence-electron chi connectivity index (χ2n) is 4.73. The van der Waals surface area contributed by atoms with E-state index in [4.69, 9.17) is 23.8 Å². The Morgan fingerprint density at radius 2 is 2.00 bits per heavy atom. The van der Waals surface area contributed by atoms with Gasteiger partial charge in [-0.05, 0) is 29.9 Å². The van der Waals surface area contributed by atoms with E-state index in [1.165, 1.54) is 12.1 Å². The molecule has 0 radical (unpaired) electrons. The molecule has 126 valence electrons. The number of halogens is 4. The number of carbonyl (C=O) groups excluding carboxylic acids is 2. The number of thiocarbonyl (C=S) groups is 1. The smallest absolute Gasteiger partial charge is 0.298 e. The Bertz CT molecular complexity index is 774. The quantitative estimate of drug-likeness (QED) is 0.382. The van der Waals surface area contributed by atoms with Crippen LogP contribution in [0, 0.1) is 0 Å². The van der Waals surface area contributed by atoms with Crippen LogP contribution in [-0.4, -0.2) is 28.4 Å². The number of hydrogen-bond acceptors (Lipinski definition) is 3. The predicted molar refractivity (Wildman–Crippen MR) is 87.1 cm³/mol. The summed E-state index contributed by atoms with van der Waals surface area (Å²) in [5.74, 6) is -1.55.